The van der Waals surface area contributed by atoms with Crippen LogP contribution in [0.1, 0.15) is 72.2 Å². The Bertz CT molecular complexity index is 1790. The summed E-state index contributed by atoms with van der Waals surface area (Å²) in [5.74, 6) is -0.542. The molecule has 1 aromatic carbocycles. The highest BCUT2D eigenvalue weighted by molar-refractivity contribution is 6.34. The van der Waals surface area contributed by atoms with Gasteiger partial charge in [-0.15, -0.1) is 0 Å². The number of carbonyl (C=O) groups is 1. The summed E-state index contributed by atoms with van der Waals surface area (Å²) in [5, 5.41) is 0.616. The predicted octanol–water partition coefficient (Wildman–Crippen LogP) is 6.11. The van der Waals surface area contributed by atoms with Gasteiger partial charge in [0.2, 0.25) is 5.91 Å². The first-order chi connectivity index (χ1) is 20.8. The number of amides is 1. The number of nitrogens with two attached hydrogens (primary N) is 1. The normalized spacial score (nSPS) is 16.8. The zero-order valence-corrected chi connectivity index (χ0v) is 26.4. The van der Waals surface area contributed by atoms with Gasteiger partial charge in [0, 0.05) is 30.9 Å². The quantitative estimate of drug-likeness (QED) is 0.199. The van der Waals surface area contributed by atoms with E-state index in [4.69, 9.17) is 22.3 Å². The summed E-state index contributed by atoms with van der Waals surface area (Å²) in [4.78, 5) is 49.1. The van der Waals surface area contributed by atoms with Crippen LogP contribution in [0.5, 0.6) is 0 Å². The van der Waals surface area contributed by atoms with Crippen molar-refractivity contribution < 1.29 is 9.18 Å². The van der Waals surface area contributed by atoms with Crippen LogP contribution in [-0.4, -0.2) is 60.5 Å². The molecule has 4 heterocycles. The molecule has 45 heavy (non-hydrogen) atoms. The van der Waals surface area contributed by atoms with Crippen molar-refractivity contribution in [2.75, 3.05) is 23.7 Å². The lowest BCUT2D eigenvalue weighted by Crippen LogP contribution is -2.58. The molecule has 0 saturated carbocycles. The number of nitrogens with zero attached hydrogens (tertiary/aromatic N) is 7. The summed E-state index contributed by atoms with van der Waals surface area (Å²) in [6.45, 7) is 16.2. The lowest BCUT2D eigenvalue weighted by Gasteiger charge is -2.44. The van der Waals surface area contributed by atoms with Crippen molar-refractivity contribution >= 4 is 40.0 Å². The Morgan fingerprint density at radius 2 is 1.73 bits per heavy atom. The van der Waals surface area contributed by atoms with Crippen molar-refractivity contribution in [3.8, 4) is 16.9 Å². The molecule has 5 rings (SSSR count). The number of nitrogen functional groups attached to an aromatic ring is 1. The molecule has 1 amide bonds. The molecular formula is C33H40ClFN8O2. The molecule has 0 radical (unpaired) electrons. The maximum absolute atomic E-state index is 15.2. The van der Waals surface area contributed by atoms with E-state index >= 15 is 4.39 Å². The summed E-state index contributed by atoms with van der Waals surface area (Å²) in [6, 6.07) is 5.60. The fraction of sp³-hybridized carbons (Fsp3) is 0.394. The first-order valence-corrected chi connectivity index (χ1v) is 15.0. The fourth-order valence-corrected chi connectivity index (χ4v) is 6.06. The van der Waals surface area contributed by atoms with Gasteiger partial charge < -0.3 is 15.5 Å². The highest BCUT2D eigenvalue weighted by Crippen LogP contribution is 2.38. The van der Waals surface area contributed by atoms with Gasteiger partial charge in [0.15, 0.2) is 5.65 Å². The number of piperazine rings is 1. The van der Waals surface area contributed by atoms with Gasteiger partial charge in [-0.25, -0.2) is 28.7 Å². The van der Waals surface area contributed by atoms with Gasteiger partial charge in [-0.2, -0.15) is 4.98 Å². The van der Waals surface area contributed by atoms with Gasteiger partial charge in [-0.05, 0) is 50.0 Å². The molecule has 3 aromatic heterocycles. The van der Waals surface area contributed by atoms with Gasteiger partial charge >= 0.3 is 5.69 Å². The van der Waals surface area contributed by atoms with Gasteiger partial charge in [0.05, 0.1) is 38.7 Å². The fourth-order valence-electron chi connectivity index (χ4n) is 5.82. The van der Waals surface area contributed by atoms with E-state index in [2.05, 4.69) is 21.5 Å². The Morgan fingerprint density at radius 1 is 1.09 bits per heavy atom. The Morgan fingerprint density at radius 3 is 2.31 bits per heavy atom. The standard InChI is InChI=1S/C32H36ClFN8O2.CH4/c1-8-24(43)40-13-19(7)41(14-18(40)6)30-20-12-21(33)28(25-22(34)10-9-11-23(25)35)38-31(20)42(32(44)39-30)29-26(16(2)3)36-15-37-27(29)17(4)5;/h8-12,15-19H,1,13-14,35H2,2-7H3;1H4/t18-,19+;/m1./s1. The molecule has 0 unspecified atom stereocenters. The second kappa shape index (κ2) is 12.9. The lowest BCUT2D eigenvalue weighted by atomic mass is 10.0. The summed E-state index contributed by atoms with van der Waals surface area (Å²) in [6.07, 6.45) is 2.79. The number of anilines is 2. The topological polar surface area (TPSA) is 123 Å². The van der Waals surface area contributed by atoms with Crippen LogP contribution >= 0.6 is 11.6 Å². The third kappa shape index (κ3) is 5.88. The number of benzene rings is 1. The smallest absolute Gasteiger partial charge is 0.355 e. The summed E-state index contributed by atoms with van der Waals surface area (Å²) in [7, 11) is 0. The molecule has 1 aliphatic heterocycles. The molecule has 0 aliphatic carbocycles. The molecular weight excluding hydrogens is 595 g/mol. The van der Waals surface area contributed by atoms with Crippen molar-refractivity contribution in [3.05, 3.63) is 76.0 Å². The first-order valence-electron chi connectivity index (χ1n) is 14.6. The number of carbonyl (C=O) groups excluding carboxylic acids is 1. The maximum atomic E-state index is 15.2. The number of rotatable bonds is 6. The number of hydrogen-bond donors (Lipinski definition) is 1. The van der Waals surface area contributed by atoms with Crippen LogP contribution in [0, 0.1) is 5.82 Å². The molecule has 1 fully saturated rings. The average Bonchev–Trinajstić information content (AvgIpc) is 2.97. The van der Waals surface area contributed by atoms with E-state index in [9.17, 15) is 9.59 Å². The minimum Gasteiger partial charge on any atom is -0.398 e. The SMILES string of the molecule is C.C=CC(=O)N1C[C@H](C)N(c2nc(=O)n(-c3c(C(C)C)ncnc3C(C)C)c3nc(-c4c(N)cccc4F)c(Cl)cc23)C[C@H]1C. The van der Waals surface area contributed by atoms with E-state index in [1.807, 2.05) is 46.4 Å². The molecule has 10 nitrogen and oxygen atoms in total. The lowest BCUT2D eigenvalue weighted by molar-refractivity contribution is -0.128. The van der Waals surface area contributed by atoms with Crippen molar-refractivity contribution in [2.24, 2.45) is 0 Å². The molecule has 1 aliphatic rings. The van der Waals surface area contributed by atoms with Crippen LogP contribution in [0.3, 0.4) is 0 Å². The van der Waals surface area contributed by atoms with E-state index in [1.165, 1.54) is 29.1 Å². The molecule has 1 saturated heterocycles. The van der Waals surface area contributed by atoms with E-state index in [0.717, 1.165) is 0 Å². The monoisotopic (exact) mass is 634 g/mol. The second-order valence-corrected chi connectivity index (χ2v) is 12.2. The summed E-state index contributed by atoms with van der Waals surface area (Å²) >= 11 is 6.84. The van der Waals surface area contributed by atoms with Crippen molar-refractivity contribution in [1.82, 2.24) is 29.4 Å². The van der Waals surface area contributed by atoms with Crippen LogP contribution < -0.4 is 16.3 Å². The van der Waals surface area contributed by atoms with Crippen molar-refractivity contribution in [2.45, 2.75) is 72.9 Å². The Labute approximate surface area is 267 Å². The van der Waals surface area contributed by atoms with Crippen LogP contribution in [0.4, 0.5) is 15.9 Å². The van der Waals surface area contributed by atoms with E-state index < -0.39 is 11.5 Å². The van der Waals surface area contributed by atoms with Gasteiger partial charge in [-0.1, -0.05) is 59.4 Å². The molecule has 12 heteroatoms. The number of pyridine rings is 1. The highest BCUT2D eigenvalue weighted by Gasteiger charge is 2.34. The molecule has 4 aromatic rings. The van der Waals surface area contributed by atoms with Crippen molar-refractivity contribution in [3.63, 3.8) is 0 Å². The third-order valence-electron chi connectivity index (χ3n) is 8.00. The summed E-state index contributed by atoms with van der Waals surface area (Å²) in [5.41, 5.74) is 7.88. The highest BCUT2D eigenvalue weighted by atomic mass is 35.5. The molecule has 2 N–H and O–H groups in total. The minimum absolute atomic E-state index is 0. The zero-order chi connectivity index (χ0) is 32.0. The molecule has 0 bridgehead atoms. The van der Waals surface area contributed by atoms with Gasteiger partial charge in [0.1, 0.15) is 18.0 Å². The average molecular weight is 635 g/mol. The number of aromatic nitrogens is 5. The largest absolute Gasteiger partial charge is 0.398 e. The number of fused-ring (bicyclic) bond motifs is 1. The Kier molecular flexibility index (Phi) is 9.62. The number of halogens is 2. The Balaban J connectivity index is 0.00000461. The van der Waals surface area contributed by atoms with Crippen molar-refractivity contribution in [1.29, 1.82) is 0 Å². The van der Waals surface area contributed by atoms with E-state index in [1.54, 1.807) is 17.0 Å². The van der Waals surface area contributed by atoms with Crippen LogP contribution in [0.25, 0.3) is 28.0 Å². The second-order valence-electron chi connectivity index (χ2n) is 11.8. The zero-order valence-electron chi connectivity index (χ0n) is 25.7. The summed E-state index contributed by atoms with van der Waals surface area (Å²) < 4.78 is 16.6. The maximum Gasteiger partial charge on any atom is 0.355 e. The van der Waals surface area contributed by atoms with Crippen LogP contribution in [-0.2, 0) is 4.79 Å². The first kappa shape index (κ1) is 33.5. The van der Waals surface area contributed by atoms with E-state index in [-0.39, 0.29) is 64.9 Å². The Hall–Kier alpha value is -4.38. The minimum atomic E-state index is -0.599. The van der Waals surface area contributed by atoms with Gasteiger partial charge in [0.25, 0.3) is 0 Å². The predicted molar refractivity (Wildman–Crippen MR) is 179 cm³/mol. The molecule has 0 spiro atoms. The van der Waals surface area contributed by atoms with E-state index in [0.29, 0.717) is 41.4 Å². The molecule has 238 valence electrons. The van der Waals surface area contributed by atoms with Gasteiger partial charge in [-0.3, -0.25) is 4.79 Å². The third-order valence-corrected chi connectivity index (χ3v) is 8.28. The van der Waals surface area contributed by atoms with Crippen LogP contribution in [0.15, 0.2) is 48.0 Å². The van der Waals surface area contributed by atoms with Crippen LogP contribution in [0.2, 0.25) is 5.02 Å². The number of hydrogen-bond acceptors (Lipinski definition) is 8. The molecule has 2 atom stereocenters.